The van der Waals surface area contributed by atoms with Crippen LogP contribution in [0.15, 0.2) is 69.7 Å². The summed E-state index contributed by atoms with van der Waals surface area (Å²) in [7, 11) is -3.64. The molecular weight excluding hydrogens is 558 g/mol. The van der Waals surface area contributed by atoms with Crippen LogP contribution in [0.1, 0.15) is 30.9 Å². The van der Waals surface area contributed by atoms with Crippen molar-refractivity contribution in [3.8, 4) is 11.6 Å². The van der Waals surface area contributed by atoms with Crippen LogP contribution in [0, 0.1) is 0 Å². The van der Waals surface area contributed by atoms with Crippen molar-refractivity contribution in [2.75, 3.05) is 5.73 Å². The number of nitrogen functional groups attached to an aromatic ring is 1. The van der Waals surface area contributed by atoms with Crippen molar-refractivity contribution in [2.24, 2.45) is 0 Å². The number of aromatic nitrogens is 2. The highest BCUT2D eigenvalue weighted by Gasteiger charge is 2.22. The maximum Gasteiger partial charge on any atom is 0.243 e. The van der Waals surface area contributed by atoms with E-state index in [1.807, 2.05) is 32.0 Å². The van der Waals surface area contributed by atoms with Crippen LogP contribution < -0.4 is 10.5 Å². The molecule has 2 aromatic carbocycles. The van der Waals surface area contributed by atoms with Crippen LogP contribution in [0.25, 0.3) is 11.0 Å². The fraction of sp³-hybridized carbons (Fsp3) is 0.174. The molecule has 4 aromatic rings. The number of pyridine rings is 1. The fourth-order valence-corrected chi connectivity index (χ4v) is 6.28. The van der Waals surface area contributed by atoms with Crippen molar-refractivity contribution in [2.45, 2.75) is 25.5 Å². The topological polar surface area (TPSA) is 87.2 Å². The first-order valence-electron chi connectivity index (χ1n) is 9.87. The second-order valence-electron chi connectivity index (χ2n) is 7.71. The summed E-state index contributed by atoms with van der Waals surface area (Å²) in [4.78, 5) is 4.66. The Labute approximate surface area is 203 Å². The molecule has 0 unspecified atom stereocenters. The Kier molecular flexibility index (Phi) is 6.33. The van der Waals surface area contributed by atoms with Gasteiger partial charge in [0.15, 0.2) is 5.75 Å². The number of hydrogen-bond acceptors (Lipinski definition) is 5. The van der Waals surface area contributed by atoms with E-state index in [1.165, 1.54) is 3.97 Å². The van der Waals surface area contributed by atoms with Gasteiger partial charge in [0.25, 0.3) is 0 Å². The van der Waals surface area contributed by atoms with E-state index < -0.39 is 10.0 Å². The minimum atomic E-state index is -3.64. The Morgan fingerprint density at radius 3 is 2.34 bits per heavy atom. The van der Waals surface area contributed by atoms with Crippen LogP contribution in [-0.2, 0) is 15.8 Å². The molecule has 2 aromatic heterocycles. The van der Waals surface area contributed by atoms with Crippen LogP contribution in [-0.4, -0.2) is 17.4 Å². The highest BCUT2D eigenvalue weighted by Crippen LogP contribution is 2.39. The van der Waals surface area contributed by atoms with Crippen molar-refractivity contribution < 1.29 is 13.2 Å². The van der Waals surface area contributed by atoms with Gasteiger partial charge in [-0.3, -0.25) is 0 Å². The summed E-state index contributed by atoms with van der Waals surface area (Å²) in [6.07, 6.45) is 1.67. The van der Waals surface area contributed by atoms with Crippen LogP contribution >= 0.6 is 31.9 Å². The summed E-state index contributed by atoms with van der Waals surface area (Å²) in [6, 6.07) is 16.0. The number of nitrogens with zero attached hydrogens (tertiary/aromatic N) is 2. The molecule has 166 valence electrons. The van der Waals surface area contributed by atoms with Gasteiger partial charge in [-0.2, -0.15) is 0 Å². The maximum absolute atomic E-state index is 13.2. The summed E-state index contributed by atoms with van der Waals surface area (Å²) < 4.78 is 35.2. The van der Waals surface area contributed by atoms with Crippen molar-refractivity contribution in [3.63, 3.8) is 0 Å². The van der Waals surface area contributed by atoms with E-state index >= 15 is 0 Å². The smallest absolute Gasteiger partial charge is 0.243 e. The Morgan fingerprint density at radius 1 is 1.06 bits per heavy atom. The van der Waals surface area contributed by atoms with Gasteiger partial charge in [-0.05, 0) is 61.5 Å². The van der Waals surface area contributed by atoms with Crippen molar-refractivity contribution >= 4 is 58.6 Å². The van der Waals surface area contributed by atoms with E-state index in [9.17, 15) is 8.42 Å². The van der Waals surface area contributed by atoms with Gasteiger partial charge in [-0.25, -0.2) is 17.4 Å². The third kappa shape index (κ3) is 4.55. The third-order valence-corrected chi connectivity index (χ3v) is 7.73. The molecule has 0 saturated heterocycles. The zero-order valence-electron chi connectivity index (χ0n) is 17.4. The lowest BCUT2D eigenvalue weighted by molar-refractivity contribution is 0.459. The number of anilines is 1. The van der Waals surface area contributed by atoms with Gasteiger partial charge in [0.2, 0.25) is 15.9 Å². The fourth-order valence-electron chi connectivity index (χ4n) is 3.43. The Bertz CT molecular complexity index is 1380. The molecule has 32 heavy (non-hydrogen) atoms. The van der Waals surface area contributed by atoms with Gasteiger partial charge < -0.3 is 10.5 Å². The number of fused-ring (bicyclic) bond motifs is 1. The summed E-state index contributed by atoms with van der Waals surface area (Å²) >= 11 is 6.92. The van der Waals surface area contributed by atoms with E-state index in [0.29, 0.717) is 37.3 Å². The lowest BCUT2D eigenvalue weighted by Crippen LogP contribution is -2.14. The second kappa shape index (κ2) is 8.88. The maximum atomic E-state index is 13.2. The monoisotopic (exact) mass is 577 g/mol. The molecule has 0 saturated carbocycles. The van der Waals surface area contributed by atoms with Gasteiger partial charge in [-0.1, -0.05) is 44.2 Å². The number of halogens is 2. The van der Waals surface area contributed by atoms with E-state index in [0.717, 1.165) is 11.1 Å². The minimum absolute atomic E-state index is 0.0726. The first kappa shape index (κ1) is 22.8. The van der Waals surface area contributed by atoms with Gasteiger partial charge >= 0.3 is 0 Å². The predicted molar refractivity (Wildman–Crippen MR) is 135 cm³/mol. The predicted octanol–water partition coefficient (Wildman–Crippen LogP) is 6.44. The standard InChI is InChI=1S/C23H21Br2N3O3S/c1-14(2)17-12-28(32(29,30)13-15-6-4-3-5-7-15)20-8-9-21(27-22(17)20)31-23-18(24)10-16(26)11-19(23)25/h3-12,14H,13,26H2,1-2H3. The molecule has 0 aliphatic carbocycles. The van der Waals surface area contributed by atoms with Crippen molar-refractivity contribution in [1.82, 2.24) is 8.96 Å². The number of rotatable bonds is 6. The van der Waals surface area contributed by atoms with Gasteiger partial charge in [0.05, 0.1) is 25.7 Å². The molecular formula is C23H21Br2N3O3S. The zero-order valence-corrected chi connectivity index (χ0v) is 21.4. The average Bonchev–Trinajstić information content (AvgIpc) is 3.11. The largest absolute Gasteiger partial charge is 0.437 e. The SMILES string of the molecule is CC(C)c1cn(S(=O)(=O)Cc2ccccc2)c2ccc(Oc3c(Br)cc(N)cc3Br)nc12. The molecule has 0 fully saturated rings. The van der Waals surface area contributed by atoms with Gasteiger partial charge in [0.1, 0.15) is 0 Å². The number of nitrogens with two attached hydrogens (primary N) is 1. The molecule has 0 bridgehead atoms. The van der Waals surface area contributed by atoms with E-state index in [2.05, 4.69) is 36.8 Å². The summed E-state index contributed by atoms with van der Waals surface area (Å²) in [6.45, 7) is 4.01. The molecule has 9 heteroatoms. The van der Waals surface area contributed by atoms with Gasteiger partial charge in [-0.15, -0.1) is 0 Å². The zero-order chi connectivity index (χ0) is 23.0. The summed E-state index contributed by atoms with van der Waals surface area (Å²) in [5.74, 6) is 0.860. The van der Waals surface area contributed by atoms with Crippen LogP contribution in [0.3, 0.4) is 0 Å². The molecule has 2 heterocycles. The lowest BCUT2D eigenvalue weighted by Gasteiger charge is -2.11. The normalized spacial score (nSPS) is 11.9. The highest BCUT2D eigenvalue weighted by molar-refractivity contribution is 9.11. The Balaban J connectivity index is 1.78. The molecule has 0 aliphatic rings. The summed E-state index contributed by atoms with van der Waals surface area (Å²) in [5.41, 5.74) is 9.12. The quantitative estimate of drug-likeness (QED) is 0.266. The van der Waals surface area contributed by atoms with Gasteiger partial charge in [0, 0.05) is 23.5 Å². The van der Waals surface area contributed by atoms with Crippen LogP contribution in [0.5, 0.6) is 11.6 Å². The molecule has 4 rings (SSSR count). The molecule has 0 spiro atoms. The van der Waals surface area contributed by atoms with Crippen molar-refractivity contribution in [1.29, 1.82) is 0 Å². The highest BCUT2D eigenvalue weighted by atomic mass is 79.9. The van der Waals surface area contributed by atoms with E-state index in [-0.39, 0.29) is 11.7 Å². The lowest BCUT2D eigenvalue weighted by atomic mass is 10.1. The Hall–Kier alpha value is -2.36. The number of benzene rings is 2. The Morgan fingerprint density at radius 2 is 1.72 bits per heavy atom. The minimum Gasteiger partial charge on any atom is -0.437 e. The average molecular weight is 579 g/mol. The molecule has 6 nitrogen and oxygen atoms in total. The van der Waals surface area contributed by atoms with E-state index in [1.54, 1.807) is 42.6 Å². The number of hydrogen-bond donors (Lipinski definition) is 1. The molecule has 0 aliphatic heterocycles. The van der Waals surface area contributed by atoms with Crippen molar-refractivity contribution in [3.05, 3.63) is 80.9 Å². The molecule has 0 radical (unpaired) electrons. The van der Waals surface area contributed by atoms with Crippen LogP contribution in [0.4, 0.5) is 5.69 Å². The van der Waals surface area contributed by atoms with E-state index in [4.69, 9.17) is 10.5 Å². The summed E-state index contributed by atoms with van der Waals surface area (Å²) in [5, 5.41) is 0. The third-order valence-electron chi connectivity index (χ3n) is 4.96. The number of ether oxygens (including phenoxy) is 1. The molecule has 2 N–H and O–H groups in total. The molecule has 0 atom stereocenters. The first-order valence-corrected chi connectivity index (χ1v) is 13.1. The molecule has 0 amide bonds. The first-order chi connectivity index (χ1) is 15.2. The second-order valence-corrected chi connectivity index (χ2v) is 11.3. The van der Waals surface area contributed by atoms with Crippen LogP contribution in [0.2, 0.25) is 0 Å².